The summed E-state index contributed by atoms with van der Waals surface area (Å²) in [5.74, 6) is 0. The van der Waals surface area contributed by atoms with E-state index in [4.69, 9.17) is 0 Å². The average molecular weight is 261 g/mol. The molecule has 0 amide bonds. The number of rotatable bonds is 2. The van der Waals surface area contributed by atoms with Crippen LogP contribution in [-0.2, 0) is 0 Å². The van der Waals surface area contributed by atoms with Gasteiger partial charge in [0.05, 0.1) is 0 Å². The molecule has 0 saturated carbocycles. The van der Waals surface area contributed by atoms with E-state index < -0.39 is 0 Å². The van der Waals surface area contributed by atoms with Crippen molar-refractivity contribution in [3.05, 3.63) is 60.2 Å². The molecule has 2 aromatic heterocycles. The molecule has 3 heteroatoms. The second-order valence-corrected chi connectivity index (χ2v) is 3.86. The molecule has 0 aliphatic heterocycles. The van der Waals surface area contributed by atoms with Crippen LogP contribution >= 0.6 is 15.9 Å². The van der Waals surface area contributed by atoms with Gasteiger partial charge in [0, 0.05) is 29.3 Å². The fourth-order valence-electron chi connectivity index (χ4n) is 1.20. The zero-order valence-corrected chi connectivity index (χ0v) is 9.55. The molecule has 0 bridgehead atoms. The van der Waals surface area contributed by atoms with Crippen molar-refractivity contribution in [3.8, 4) is 0 Å². The zero-order chi connectivity index (χ0) is 10.5. The molecular formula is C12H9BrN2. The highest BCUT2D eigenvalue weighted by atomic mass is 79.9. The molecule has 0 N–H and O–H groups in total. The predicted octanol–water partition coefficient (Wildman–Crippen LogP) is 3.37. The Kier molecular flexibility index (Phi) is 3.25. The molecule has 0 radical (unpaired) electrons. The van der Waals surface area contributed by atoms with E-state index in [0.29, 0.717) is 0 Å². The summed E-state index contributed by atoms with van der Waals surface area (Å²) in [6.07, 6.45) is 9.16. The molecule has 15 heavy (non-hydrogen) atoms. The van der Waals surface area contributed by atoms with Crippen LogP contribution in [0.1, 0.15) is 11.1 Å². The lowest BCUT2D eigenvalue weighted by molar-refractivity contribution is 1.32. The van der Waals surface area contributed by atoms with Crippen molar-refractivity contribution in [2.24, 2.45) is 0 Å². The van der Waals surface area contributed by atoms with Gasteiger partial charge in [0.25, 0.3) is 0 Å². The highest BCUT2D eigenvalue weighted by Crippen LogP contribution is 2.22. The molecule has 2 rings (SSSR count). The minimum atomic E-state index is 1.04. The summed E-state index contributed by atoms with van der Waals surface area (Å²) in [6, 6.07) is 7.84. The monoisotopic (exact) mass is 260 g/mol. The molecule has 0 fully saturated rings. The van der Waals surface area contributed by atoms with Crippen LogP contribution in [0, 0.1) is 0 Å². The van der Waals surface area contributed by atoms with Gasteiger partial charge in [0.2, 0.25) is 0 Å². The Hall–Kier alpha value is -1.48. The van der Waals surface area contributed by atoms with Gasteiger partial charge in [-0.05, 0) is 41.5 Å². The Morgan fingerprint density at radius 3 is 2.07 bits per heavy atom. The number of hydrogen-bond donors (Lipinski definition) is 0. The smallest absolute Gasteiger partial charge is 0.0274 e. The van der Waals surface area contributed by atoms with Crippen LogP contribution in [0.4, 0.5) is 0 Å². The molecule has 0 spiro atoms. The van der Waals surface area contributed by atoms with Crippen molar-refractivity contribution in [2.45, 2.75) is 0 Å². The Bertz CT molecular complexity index is 452. The molecule has 0 atom stereocenters. The van der Waals surface area contributed by atoms with E-state index in [1.807, 2.05) is 24.3 Å². The van der Waals surface area contributed by atoms with Crippen LogP contribution in [0.5, 0.6) is 0 Å². The van der Waals surface area contributed by atoms with Gasteiger partial charge in [-0.15, -0.1) is 0 Å². The van der Waals surface area contributed by atoms with Gasteiger partial charge in [-0.2, -0.15) is 0 Å². The fraction of sp³-hybridized carbons (Fsp3) is 0. The third-order valence-corrected chi connectivity index (χ3v) is 2.64. The minimum absolute atomic E-state index is 1.04. The van der Waals surface area contributed by atoms with Gasteiger partial charge in [-0.3, -0.25) is 9.97 Å². The maximum absolute atomic E-state index is 3.98. The van der Waals surface area contributed by atoms with Crippen molar-refractivity contribution >= 4 is 26.5 Å². The molecule has 0 saturated heterocycles. The van der Waals surface area contributed by atoms with Crippen molar-refractivity contribution < 1.29 is 0 Å². The van der Waals surface area contributed by atoms with Crippen LogP contribution in [-0.4, -0.2) is 9.97 Å². The van der Waals surface area contributed by atoms with Crippen molar-refractivity contribution in [2.75, 3.05) is 0 Å². The summed E-state index contributed by atoms with van der Waals surface area (Å²) in [5.41, 5.74) is 2.23. The average Bonchev–Trinajstić information content (AvgIpc) is 2.31. The first kappa shape index (κ1) is 10.1. The molecule has 0 aliphatic rings. The quantitative estimate of drug-likeness (QED) is 0.828. The molecule has 2 aromatic rings. The van der Waals surface area contributed by atoms with Crippen LogP contribution in [0.25, 0.3) is 10.6 Å². The van der Waals surface area contributed by atoms with E-state index in [2.05, 4.69) is 32.0 Å². The van der Waals surface area contributed by atoms with Crippen LogP contribution in [0.15, 0.2) is 49.1 Å². The third-order valence-electron chi connectivity index (χ3n) is 1.96. The van der Waals surface area contributed by atoms with E-state index in [0.717, 1.165) is 15.6 Å². The Morgan fingerprint density at radius 2 is 1.47 bits per heavy atom. The van der Waals surface area contributed by atoms with Crippen molar-refractivity contribution in [3.63, 3.8) is 0 Å². The number of halogens is 1. The van der Waals surface area contributed by atoms with Crippen LogP contribution in [0.3, 0.4) is 0 Å². The summed E-state index contributed by atoms with van der Waals surface area (Å²) in [4.78, 5) is 7.95. The largest absolute Gasteiger partial charge is 0.265 e. The van der Waals surface area contributed by atoms with Gasteiger partial charge < -0.3 is 0 Å². The number of pyridine rings is 2. The molecule has 0 aromatic carbocycles. The van der Waals surface area contributed by atoms with E-state index in [9.17, 15) is 0 Å². The Morgan fingerprint density at radius 1 is 0.933 bits per heavy atom. The maximum atomic E-state index is 3.98. The first-order valence-corrected chi connectivity index (χ1v) is 5.33. The lowest BCUT2D eigenvalue weighted by Crippen LogP contribution is -1.78. The van der Waals surface area contributed by atoms with Crippen LogP contribution < -0.4 is 0 Å². The summed E-state index contributed by atoms with van der Waals surface area (Å²) < 4.78 is 1.04. The summed E-state index contributed by atoms with van der Waals surface area (Å²) in [5, 5.41) is 0. The van der Waals surface area contributed by atoms with E-state index >= 15 is 0 Å². The first-order chi connectivity index (χ1) is 7.36. The maximum Gasteiger partial charge on any atom is 0.0274 e. The number of hydrogen-bond acceptors (Lipinski definition) is 2. The molecule has 74 valence electrons. The first-order valence-electron chi connectivity index (χ1n) is 4.54. The summed E-state index contributed by atoms with van der Waals surface area (Å²) in [7, 11) is 0. The second-order valence-electron chi connectivity index (χ2n) is 3.01. The number of aromatic nitrogens is 2. The number of nitrogens with zero attached hydrogens (tertiary/aromatic N) is 2. The topological polar surface area (TPSA) is 25.8 Å². The molecule has 2 nitrogen and oxygen atoms in total. The van der Waals surface area contributed by atoms with Crippen LogP contribution in [0.2, 0.25) is 0 Å². The van der Waals surface area contributed by atoms with Gasteiger partial charge in [0.1, 0.15) is 0 Å². The minimum Gasteiger partial charge on any atom is -0.265 e. The van der Waals surface area contributed by atoms with E-state index in [1.165, 1.54) is 0 Å². The second kappa shape index (κ2) is 4.84. The highest BCUT2D eigenvalue weighted by molar-refractivity contribution is 9.15. The summed E-state index contributed by atoms with van der Waals surface area (Å²) >= 11 is 3.54. The molecule has 0 unspecified atom stereocenters. The van der Waals surface area contributed by atoms with Crippen molar-refractivity contribution in [1.29, 1.82) is 0 Å². The SMILES string of the molecule is Br/C(=C/c1ccncc1)c1ccncc1. The third kappa shape index (κ3) is 2.73. The zero-order valence-electron chi connectivity index (χ0n) is 7.97. The lowest BCUT2D eigenvalue weighted by Gasteiger charge is -1.98. The normalized spacial score (nSPS) is 11.4. The fourth-order valence-corrected chi connectivity index (χ4v) is 1.73. The Balaban J connectivity index is 2.29. The lowest BCUT2D eigenvalue weighted by atomic mass is 10.2. The predicted molar refractivity (Wildman–Crippen MR) is 65.3 cm³/mol. The van der Waals surface area contributed by atoms with E-state index in [1.54, 1.807) is 24.8 Å². The molecule has 0 aliphatic carbocycles. The summed E-state index contributed by atoms with van der Waals surface area (Å²) in [6.45, 7) is 0. The standard InChI is InChI=1S/C12H9BrN2/c13-12(11-3-7-15-8-4-11)9-10-1-5-14-6-2-10/h1-9H/b12-9+. The molecule has 2 heterocycles. The van der Waals surface area contributed by atoms with Crippen molar-refractivity contribution in [1.82, 2.24) is 9.97 Å². The highest BCUT2D eigenvalue weighted by Gasteiger charge is 1.96. The van der Waals surface area contributed by atoms with Gasteiger partial charge in [-0.1, -0.05) is 15.9 Å². The van der Waals surface area contributed by atoms with E-state index in [-0.39, 0.29) is 0 Å². The van der Waals surface area contributed by atoms with Gasteiger partial charge >= 0.3 is 0 Å². The molecular weight excluding hydrogens is 252 g/mol. The Labute approximate surface area is 96.8 Å². The van der Waals surface area contributed by atoms with Gasteiger partial charge in [0.15, 0.2) is 0 Å². The van der Waals surface area contributed by atoms with Gasteiger partial charge in [-0.25, -0.2) is 0 Å².